The fourth-order valence-corrected chi connectivity index (χ4v) is 5.54. The number of aromatic amines is 2. The Labute approximate surface area is 248 Å². The van der Waals surface area contributed by atoms with Crippen molar-refractivity contribution in [2.24, 2.45) is 0 Å². The van der Waals surface area contributed by atoms with Gasteiger partial charge in [-0.3, -0.25) is 39.3 Å². The maximum absolute atomic E-state index is 14.5. The molecule has 0 spiro atoms. The van der Waals surface area contributed by atoms with Crippen LogP contribution in [0.2, 0.25) is 0 Å². The molecule has 19 nitrogen and oxygen atoms in total. The molecule has 8 atom stereocenters. The molecule has 2 fully saturated rings. The van der Waals surface area contributed by atoms with Crippen LogP contribution in [0.5, 0.6) is 0 Å². The fourth-order valence-electron chi connectivity index (χ4n) is 5.54. The Morgan fingerprint density at radius 3 is 2.13 bits per heavy atom. The number of anilines is 2. The number of alkyl halides is 3. The second-order valence-electron chi connectivity index (χ2n) is 10.9. The van der Waals surface area contributed by atoms with Gasteiger partial charge >= 0.3 is 6.18 Å². The van der Waals surface area contributed by atoms with Gasteiger partial charge in [0.1, 0.15) is 24.5 Å². The third kappa shape index (κ3) is 5.28. The van der Waals surface area contributed by atoms with Gasteiger partial charge < -0.3 is 36.3 Å². The molecule has 0 aromatic carbocycles. The maximum atomic E-state index is 14.5. The first kappa shape index (κ1) is 30.8. The van der Waals surface area contributed by atoms with Gasteiger partial charge in [0.2, 0.25) is 11.9 Å². The van der Waals surface area contributed by atoms with Crippen molar-refractivity contribution in [1.82, 2.24) is 49.7 Å². The number of H-pyrrole nitrogens is 2. The minimum absolute atomic E-state index is 0.0453. The van der Waals surface area contributed by atoms with Crippen LogP contribution >= 0.6 is 0 Å². The van der Waals surface area contributed by atoms with Crippen LogP contribution in [0.25, 0.3) is 22.3 Å². The number of imidazole rings is 2. The molecule has 0 amide bonds. The van der Waals surface area contributed by atoms with Gasteiger partial charge in [-0.05, 0) is 6.92 Å². The summed E-state index contributed by atoms with van der Waals surface area (Å²) in [5, 5.41) is 36.1. The zero-order valence-corrected chi connectivity index (χ0v) is 23.3. The molecule has 45 heavy (non-hydrogen) atoms. The second kappa shape index (κ2) is 11.0. The van der Waals surface area contributed by atoms with E-state index in [9.17, 15) is 38.1 Å². The fraction of sp³-hybridized carbons (Fsp3) is 0.565. The van der Waals surface area contributed by atoms with Crippen molar-refractivity contribution >= 4 is 34.2 Å². The summed E-state index contributed by atoms with van der Waals surface area (Å²) in [4.78, 5) is 44.8. The second-order valence-corrected chi connectivity index (χ2v) is 10.9. The average Bonchev–Trinajstić information content (AvgIpc) is 3.73. The van der Waals surface area contributed by atoms with E-state index in [1.54, 1.807) is 0 Å². The number of hydrogen-bond acceptors (Lipinski definition) is 15. The molecule has 4 aromatic heterocycles. The molecular formula is C23H29F3N12O7. The number of aliphatic hydroxyl groups excluding tert-OH is 3. The molecule has 6 heterocycles. The number of aliphatic hydroxyl groups is 3. The molecule has 0 aliphatic carbocycles. The van der Waals surface area contributed by atoms with Crippen molar-refractivity contribution in [3.63, 3.8) is 0 Å². The average molecular weight is 643 g/mol. The molecule has 4 aromatic rings. The van der Waals surface area contributed by atoms with Gasteiger partial charge in [-0.25, -0.2) is 9.97 Å². The molecule has 22 heteroatoms. The predicted molar refractivity (Wildman–Crippen MR) is 146 cm³/mol. The summed E-state index contributed by atoms with van der Waals surface area (Å²) in [6.45, 7) is -0.441. The number of fused-ring (bicyclic) bond motifs is 2. The summed E-state index contributed by atoms with van der Waals surface area (Å²) in [6.07, 6.45) is -10.8. The highest BCUT2D eigenvalue weighted by Crippen LogP contribution is 2.36. The van der Waals surface area contributed by atoms with E-state index in [2.05, 4.69) is 40.5 Å². The lowest BCUT2D eigenvalue weighted by Gasteiger charge is -2.38. The number of nitrogens with one attached hydrogen (secondary N) is 4. The topological polar surface area (TPSA) is 282 Å². The largest absolute Gasteiger partial charge is 0.419 e. The van der Waals surface area contributed by atoms with E-state index in [1.165, 1.54) is 10.9 Å². The highest BCUT2D eigenvalue weighted by molar-refractivity contribution is 5.71. The SMILES string of the molecule is CC(NC[C@H]1O[C@@H](n2cnc3c(=O)[nH]c(N)nc32)[C@H](O)[C@@H]1O)(N[C@H]1C[C@H](n2cnc3c(=O)[nH]c(N)nc32)O[C@@H]1CO)C(F)(F)F. The normalized spacial score (nSPS) is 28.7. The third-order valence-electron chi connectivity index (χ3n) is 7.94. The highest BCUT2D eigenvalue weighted by Gasteiger charge is 2.55. The standard InChI is InChI=1S/C23H29F3N12O7/c1-22(23(24,25)26,36-7-2-10(44-9(7)4-39)37-5-29-11-15(37)32-20(27)34-17(11)42)31-3-8-13(40)14(41)19(45-8)38-6-30-12-16(38)33-21(28)35-18(12)43/h5-10,13-14,19,31,36,39-41H,2-4H2,1H3,(H3,27,32,34,42)(H3,28,33,35,43)/t7-,8+,9+,10+,13+,14+,19+,22?/m0/s1. The zero-order valence-electron chi connectivity index (χ0n) is 23.3. The van der Waals surface area contributed by atoms with Crippen LogP contribution in [0.3, 0.4) is 0 Å². The van der Waals surface area contributed by atoms with Crippen LogP contribution in [0.1, 0.15) is 25.8 Å². The summed E-state index contributed by atoms with van der Waals surface area (Å²) < 4.78 is 57.6. The first-order chi connectivity index (χ1) is 21.2. The Hall–Kier alpha value is -4.19. The van der Waals surface area contributed by atoms with E-state index < -0.39 is 79.0 Å². The lowest BCUT2D eigenvalue weighted by atomic mass is 10.0. The van der Waals surface area contributed by atoms with Crippen molar-refractivity contribution in [2.75, 3.05) is 24.6 Å². The summed E-state index contributed by atoms with van der Waals surface area (Å²) >= 11 is 0. The number of halogens is 3. The number of rotatable bonds is 8. The summed E-state index contributed by atoms with van der Waals surface area (Å²) in [7, 11) is 0. The maximum Gasteiger partial charge on any atom is 0.419 e. The molecule has 244 valence electrons. The Balaban J connectivity index is 1.19. The summed E-state index contributed by atoms with van der Waals surface area (Å²) in [5.41, 5.74) is 6.93. The van der Waals surface area contributed by atoms with E-state index >= 15 is 0 Å². The molecule has 2 aliphatic heterocycles. The molecule has 0 bridgehead atoms. The van der Waals surface area contributed by atoms with Gasteiger partial charge in [-0.15, -0.1) is 0 Å². The zero-order chi connectivity index (χ0) is 32.4. The number of aromatic nitrogens is 8. The molecule has 0 saturated carbocycles. The highest BCUT2D eigenvalue weighted by atomic mass is 19.4. The first-order valence-electron chi connectivity index (χ1n) is 13.5. The lowest BCUT2D eigenvalue weighted by molar-refractivity contribution is -0.207. The minimum atomic E-state index is -4.93. The predicted octanol–water partition coefficient (Wildman–Crippen LogP) is -2.86. The van der Waals surface area contributed by atoms with Gasteiger partial charge in [-0.1, -0.05) is 0 Å². The van der Waals surface area contributed by atoms with Crippen molar-refractivity contribution in [3.8, 4) is 0 Å². The van der Waals surface area contributed by atoms with Crippen molar-refractivity contribution in [3.05, 3.63) is 33.4 Å². The number of nitrogens with zero attached hydrogens (tertiary/aromatic N) is 6. The third-order valence-corrected chi connectivity index (χ3v) is 7.94. The molecule has 11 N–H and O–H groups in total. The van der Waals surface area contributed by atoms with Crippen LogP contribution in [0.4, 0.5) is 25.1 Å². The van der Waals surface area contributed by atoms with E-state index in [1.807, 2.05) is 0 Å². The first-order valence-corrected chi connectivity index (χ1v) is 13.5. The van der Waals surface area contributed by atoms with Gasteiger partial charge in [0.15, 0.2) is 34.2 Å². The van der Waals surface area contributed by atoms with Crippen molar-refractivity contribution < 1.29 is 38.0 Å². The smallest absolute Gasteiger partial charge is 0.394 e. The van der Waals surface area contributed by atoms with E-state index in [0.29, 0.717) is 0 Å². The Bertz CT molecular complexity index is 1840. The van der Waals surface area contributed by atoms with E-state index in [0.717, 1.165) is 17.8 Å². The molecule has 2 saturated heterocycles. The molecular weight excluding hydrogens is 613 g/mol. The molecule has 1 unspecified atom stereocenters. The lowest BCUT2D eigenvalue weighted by Crippen LogP contribution is -2.68. The number of ether oxygens (including phenoxy) is 2. The Morgan fingerprint density at radius 1 is 0.978 bits per heavy atom. The number of nitrogen functional groups attached to an aromatic ring is 2. The van der Waals surface area contributed by atoms with Crippen LogP contribution in [0.15, 0.2) is 22.2 Å². The van der Waals surface area contributed by atoms with Crippen LogP contribution < -0.4 is 33.2 Å². The quantitative estimate of drug-likeness (QED) is 0.0874. The molecule has 6 rings (SSSR count). The van der Waals surface area contributed by atoms with Gasteiger partial charge in [0.05, 0.1) is 25.4 Å². The summed E-state index contributed by atoms with van der Waals surface area (Å²) in [6, 6.07) is -1.09. The molecule has 2 aliphatic rings. The Kier molecular flexibility index (Phi) is 7.54. The van der Waals surface area contributed by atoms with E-state index in [4.69, 9.17) is 20.9 Å². The van der Waals surface area contributed by atoms with Gasteiger partial charge in [0.25, 0.3) is 11.1 Å². The summed E-state index contributed by atoms with van der Waals surface area (Å²) in [5.74, 6) is -0.449. The number of nitrogens with two attached hydrogens (primary N) is 2. The van der Waals surface area contributed by atoms with Crippen LogP contribution in [0, 0.1) is 0 Å². The number of hydrogen-bond donors (Lipinski definition) is 9. The van der Waals surface area contributed by atoms with E-state index in [-0.39, 0.29) is 40.6 Å². The van der Waals surface area contributed by atoms with Gasteiger partial charge in [0, 0.05) is 19.0 Å². The van der Waals surface area contributed by atoms with Crippen LogP contribution in [-0.2, 0) is 9.47 Å². The van der Waals surface area contributed by atoms with Gasteiger partial charge in [-0.2, -0.15) is 23.1 Å². The van der Waals surface area contributed by atoms with Crippen LogP contribution in [-0.4, -0.2) is 110 Å². The molecule has 0 radical (unpaired) electrons. The van der Waals surface area contributed by atoms with Crippen molar-refractivity contribution in [2.45, 2.75) is 68.1 Å². The minimum Gasteiger partial charge on any atom is -0.394 e. The Morgan fingerprint density at radius 2 is 1.56 bits per heavy atom. The monoisotopic (exact) mass is 642 g/mol. The van der Waals surface area contributed by atoms with Crippen molar-refractivity contribution in [1.29, 1.82) is 0 Å².